The number of hydrogen-bond acceptors (Lipinski definition) is 2. The fraction of sp³-hybridized carbons (Fsp3) is 0.100. The Hall–Kier alpha value is -2.18. The number of hydrogen-bond donors (Lipinski definition) is 1. The first kappa shape index (κ1) is 18.6. The van der Waals surface area contributed by atoms with Gasteiger partial charge in [-0.25, -0.2) is 5.43 Å². The first-order chi connectivity index (χ1) is 12.5. The largest absolute Gasteiger partial charge is 0.317 e. The summed E-state index contributed by atoms with van der Waals surface area (Å²) in [6.07, 6.45) is 1.67. The van der Waals surface area contributed by atoms with Gasteiger partial charge in [0.1, 0.15) is 0 Å². The van der Waals surface area contributed by atoms with Crippen molar-refractivity contribution in [3.8, 4) is 5.69 Å². The number of nitrogens with zero attached hydrogens (tertiary/aromatic N) is 2. The second kappa shape index (κ2) is 8.01. The first-order valence-corrected chi connectivity index (χ1v) is 9.59. The van der Waals surface area contributed by atoms with Gasteiger partial charge in [-0.1, -0.05) is 34.1 Å². The van der Waals surface area contributed by atoms with Gasteiger partial charge in [0, 0.05) is 31.5 Å². The Morgan fingerprint density at radius 2 is 1.85 bits per heavy atom. The molecule has 26 heavy (non-hydrogen) atoms. The van der Waals surface area contributed by atoms with E-state index in [4.69, 9.17) is 0 Å². The topological polar surface area (TPSA) is 46.4 Å². The van der Waals surface area contributed by atoms with Crippen molar-refractivity contribution >= 4 is 44.0 Å². The molecule has 0 fully saturated rings. The van der Waals surface area contributed by atoms with Gasteiger partial charge >= 0.3 is 0 Å². The standard InChI is InChI=1S/C20H17Br2N3O/c1-13-10-16(14(2)25(13)19-9-4-3-8-18(19)22)12-23-24-20(26)15-6-5-7-17(21)11-15/h3-12H,1-2H3,(H,24,26)/b23-12+. The van der Waals surface area contributed by atoms with Gasteiger partial charge in [0.05, 0.1) is 11.9 Å². The van der Waals surface area contributed by atoms with Crippen molar-refractivity contribution in [2.24, 2.45) is 5.10 Å². The van der Waals surface area contributed by atoms with Gasteiger partial charge in [0.2, 0.25) is 0 Å². The van der Waals surface area contributed by atoms with Crippen molar-refractivity contribution in [1.82, 2.24) is 9.99 Å². The van der Waals surface area contributed by atoms with Crippen molar-refractivity contribution in [3.05, 3.63) is 86.1 Å². The maximum absolute atomic E-state index is 12.2. The number of rotatable bonds is 4. The summed E-state index contributed by atoms with van der Waals surface area (Å²) in [5.41, 5.74) is 7.29. The van der Waals surface area contributed by atoms with Gasteiger partial charge in [-0.2, -0.15) is 5.10 Å². The summed E-state index contributed by atoms with van der Waals surface area (Å²) in [4.78, 5) is 12.2. The van der Waals surface area contributed by atoms with Crippen LogP contribution in [0.25, 0.3) is 5.69 Å². The fourth-order valence-corrected chi connectivity index (χ4v) is 3.64. The molecule has 0 spiro atoms. The number of halogens is 2. The molecule has 0 unspecified atom stereocenters. The van der Waals surface area contributed by atoms with Crippen molar-refractivity contribution in [1.29, 1.82) is 0 Å². The van der Waals surface area contributed by atoms with Crippen LogP contribution in [0.5, 0.6) is 0 Å². The summed E-state index contributed by atoms with van der Waals surface area (Å²) in [7, 11) is 0. The van der Waals surface area contributed by atoms with Crippen LogP contribution < -0.4 is 5.43 Å². The van der Waals surface area contributed by atoms with Gasteiger partial charge in [-0.3, -0.25) is 4.79 Å². The van der Waals surface area contributed by atoms with Crippen LogP contribution in [-0.2, 0) is 0 Å². The molecule has 0 radical (unpaired) electrons. The highest BCUT2D eigenvalue weighted by molar-refractivity contribution is 9.10. The summed E-state index contributed by atoms with van der Waals surface area (Å²) in [5.74, 6) is -0.248. The summed E-state index contributed by atoms with van der Waals surface area (Å²) < 4.78 is 4.03. The second-order valence-corrected chi connectivity index (χ2v) is 7.59. The Labute approximate surface area is 169 Å². The highest BCUT2D eigenvalue weighted by Gasteiger charge is 2.11. The van der Waals surface area contributed by atoms with Crippen LogP contribution in [0.3, 0.4) is 0 Å². The van der Waals surface area contributed by atoms with E-state index in [1.807, 2.05) is 50.2 Å². The number of aromatic nitrogens is 1. The van der Waals surface area contributed by atoms with E-state index in [9.17, 15) is 4.79 Å². The van der Waals surface area contributed by atoms with E-state index < -0.39 is 0 Å². The Kier molecular flexibility index (Phi) is 5.74. The number of para-hydroxylation sites is 1. The Bertz CT molecular complexity index is 992. The third kappa shape index (κ3) is 3.97. The molecule has 0 aliphatic carbocycles. The van der Waals surface area contributed by atoms with Crippen LogP contribution in [0, 0.1) is 13.8 Å². The molecular weight excluding hydrogens is 458 g/mol. The van der Waals surface area contributed by atoms with E-state index in [0.717, 1.165) is 31.6 Å². The molecule has 1 N–H and O–H groups in total. The molecule has 0 aliphatic rings. The summed E-state index contributed by atoms with van der Waals surface area (Å²) in [6.45, 7) is 4.08. The molecule has 1 heterocycles. The molecule has 0 saturated heterocycles. The Morgan fingerprint density at radius 1 is 1.08 bits per heavy atom. The molecule has 2 aromatic carbocycles. The van der Waals surface area contributed by atoms with Crippen molar-refractivity contribution in [3.63, 3.8) is 0 Å². The lowest BCUT2D eigenvalue weighted by molar-refractivity contribution is 0.0955. The first-order valence-electron chi connectivity index (χ1n) is 8.00. The van der Waals surface area contributed by atoms with E-state index in [1.54, 1.807) is 18.3 Å². The zero-order valence-corrected chi connectivity index (χ0v) is 17.5. The van der Waals surface area contributed by atoms with E-state index in [1.165, 1.54) is 0 Å². The van der Waals surface area contributed by atoms with Crippen LogP contribution in [0.15, 0.2) is 68.6 Å². The third-order valence-electron chi connectivity index (χ3n) is 4.02. The molecule has 132 valence electrons. The Balaban J connectivity index is 1.81. The molecule has 0 aliphatic heterocycles. The average Bonchev–Trinajstić information content (AvgIpc) is 2.89. The number of nitrogens with one attached hydrogen (secondary N) is 1. The van der Waals surface area contributed by atoms with E-state index in [0.29, 0.717) is 5.56 Å². The van der Waals surface area contributed by atoms with Crippen molar-refractivity contribution in [2.45, 2.75) is 13.8 Å². The van der Waals surface area contributed by atoms with E-state index >= 15 is 0 Å². The molecular formula is C20H17Br2N3O. The lowest BCUT2D eigenvalue weighted by atomic mass is 10.2. The average molecular weight is 475 g/mol. The number of amides is 1. The molecule has 1 amide bonds. The smallest absolute Gasteiger partial charge is 0.271 e. The van der Waals surface area contributed by atoms with Gasteiger partial charge in [-0.15, -0.1) is 0 Å². The molecule has 3 aromatic rings. The van der Waals surface area contributed by atoms with Crippen LogP contribution in [0.4, 0.5) is 0 Å². The highest BCUT2D eigenvalue weighted by atomic mass is 79.9. The molecule has 0 atom stereocenters. The quantitative estimate of drug-likeness (QED) is 0.400. The molecule has 0 saturated carbocycles. The van der Waals surface area contributed by atoms with Gasteiger partial charge in [-0.05, 0) is 66.2 Å². The number of carbonyl (C=O) groups excluding carboxylic acids is 1. The predicted molar refractivity (Wildman–Crippen MR) is 112 cm³/mol. The monoisotopic (exact) mass is 473 g/mol. The minimum atomic E-state index is -0.248. The number of hydrazone groups is 1. The molecule has 1 aromatic heterocycles. The Morgan fingerprint density at radius 3 is 2.58 bits per heavy atom. The lowest BCUT2D eigenvalue weighted by Gasteiger charge is -2.11. The summed E-state index contributed by atoms with van der Waals surface area (Å²) in [6, 6.07) is 17.3. The SMILES string of the molecule is Cc1cc(/C=N/NC(=O)c2cccc(Br)c2)c(C)n1-c1ccccc1Br. The number of benzene rings is 2. The zero-order chi connectivity index (χ0) is 18.7. The van der Waals surface area contributed by atoms with Crippen LogP contribution in [0.1, 0.15) is 27.3 Å². The van der Waals surface area contributed by atoms with Crippen molar-refractivity contribution in [2.75, 3.05) is 0 Å². The summed E-state index contributed by atoms with van der Waals surface area (Å²) in [5, 5.41) is 4.11. The number of aryl methyl sites for hydroxylation is 1. The van der Waals surface area contributed by atoms with Gasteiger partial charge in [0.15, 0.2) is 0 Å². The lowest BCUT2D eigenvalue weighted by Crippen LogP contribution is -2.17. The molecule has 0 bridgehead atoms. The minimum absolute atomic E-state index is 0.248. The third-order valence-corrected chi connectivity index (χ3v) is 5.18. The predicted octanol–water partition coefficient (Wildman–Crippen LogP) is 5.38. The molecule has 3 rings (SSSR count). The highest BCUT2D eigenvalue weighted by Crippen LogP contribution is 2.26. The molecule has 6 heteroatoms. The maximum atomic E-state index is 12.2. The van der Waals surface area contributed by atoms with Gasteiger partial charge < -0.3 is 4.57 Å². The minimum Gasteiger partial charge on any atom is -0.317 e. The van der Waals surface area contributed by atoms with Crippen molar-refractivity contribution < 1.29 is 4.79 Å². The zero-order valence-electron chi connectivity index (χ0n) is 14.3. The van der Waals surface area contributed by atoms with Crippen LogP contribution in [-0.4, -0.2) is 16.7 Å². The fourth-order valence-electron chi connectivity index (χ4n) is 2.78. The van der Waals surface area contributed by atoms with Crippen LogP contribution >= 0.6 is 31.9 Å². The van der Waals surface area contributed by atoms with Crippen LogP contribution in [0.2, 0.25) is 0 Å². The number of carbonyl (C=O) groups is 1. The van der Waals surface area contributed by atoms with E-state index in [2.05, 4.69) is 53.0 Å². The van der Waals surface area contributed by atoms with E-state index in [-0.39, 0.29) is 5.91 Å². The second-order valence-electron chi connectivity index (χ2n) is 5.82. The maximum Gasteiger partial charge on any atom is 0.271 e. The van der Waals surface area contributed by atoms with Gasteiger partial charge in [0.25, 0.3) is 5.91 Å². The molecule has 4 nitrogen and oxygen atoms in total. The normalized spacial score (nSPS) is 11.1. The summed E-state index contributed by atoms with van der Waals surface area (Å²) >= 11 is 6.96.